The van der Waals surface area contributed by atoms with Crippen LogP contribution in [-0.4, -0.2) is 28.8 Å². The fraction of sp³-hybridized carbons (Fsp3) is 0.222. The van der Waals surface area contributed by atoms with Crippen molar-refractivity contribution in [3.63, 3.8) is 0 Å². The number of carbonyl (C=O) groups is 1. The summed E-state index contributed by atoms with van der Waals surface area (Å²) in [4.78, 5) is 28.6. The number of carbonyl (C=O) groups excluding carboxylic acids is 1. The second-order valence-electron chi connectivity index (χ2n) is 8.68. The average Bonchev–Trinajstić information content (AvgIpc) is 3.28. The number of anilines is 2. The predicted octanol–water partition coefficient (Wildman–Crippen LogP) is 4.54. The van der Waals surface area contributed by atoms with Gasteiger partial charge >= 0.3 is 0 Å². The first kappa shape index (κ1) is 20.9. The number of hydrogen-bond acceptors (Lipinski definition) is 4. The zero-order valence-corrected chi connectivity index (χ0v) is 18.6. The summed E-state index contributed by atoms with van der Waals surface area (Å²) < 4.78 is 1.37. The van der Waals surface area contributed by atoms with Gasteiger partial charge in [-0.05, 0) is 48.2 Å². The van der Waals surface area contributed by atoms with Crippen molar-refractivity contribution in [3.8, 4) is 0 Å². The van der Waals surface area contributed by atoms with E-state index in [0.717, 1.165) is 24.3 Å². The van der Waals surface area contributed by atoms with Crippen LogP contribution < -0.4 is 15.8 Å². The van der Waals surface area contributed by atoms with E-state index < -0.39 is 0 Å². The van der Waals surface area contributed by atoms with Crippen LogP contribution >= 0.6 is 0 Å². The molecule has 0 radical (unpaired) electrons. The van der Waals surface area contributed by atoms with E-state index in [9.17, 15) is 9.59 Å². The Labute approximate surface area is 192 Å². The monoisotopic (exact) mass is 438 g/mol. The second-order valence-corrected chi connectivity index (χ2v) is 8.68. The molecule has 2 heterocycles. The van der Waals surface area contributed by atoms with Gasteiger partial charge in [-0.1, -0.05) is 55.5 Å². The van der Waals surface area contributed by atoms with Gasteiger partial charge in [-0.25, -0.2) is 4.68 Å². The third-order valence-corrected chi connectivity index (χ3v) is 6.17. The van der Waals surface area contributed by atoms with Crippen LogP contribution in [0.25, 0.3) is 10.8 Å². The molecule has 33 heavy (non-hydrogen) atoms. The van der Waals surface area contributed by atoms with Crippen molar-refractivity contribution in [2.45, 2.75) is 19.9 Å². The quantitative estimate of drug-likeness (QED) is 0.497. The Balaban J connectivity index is 1.44. The number of benzene rings is 3. The number of amides is 1. The van der Waals surface area contributed by atoms with Gasteiger partial charge < -0.3 is 10.2 Å². The Hall–Kier alpha value is -3.93. The van der Waals surface area contributed by atoms with Crippen molar-refractivity contribution in [1.82, 2.24) is 9.78 Å². The number of rotatable bonds is 5. The maximum Gasteiger partial charge on any atom is 0.276 e. The van der Waals surface area contributed by atoms with Crippen LogP contribution in [0.15, 0.2) is 83.7 Å². The summed E-state index contributed by atoms with van der Waals surface area (Å²) in [6.07, 6.45) is 1.20. The Morgan fingerprint density at radius 2 is 1.67 bits per heavy atom. The molecule has 6 heteroatoms. The number of nitrogens with zero attached hydrogens (tertiary/aromatic N) is 3. The molecular formula is C27H26N4O2. The lowest BCUT2D eigenvalue weighted by Gasteiger charge is -2.18. The highest BCUT2D eigenvalue weighted by Crippen LogP contribution is 2.25. The molecule has 1 N–H and O–H groups in total. The molecule has 1 saturated heterocycles. The molecule has 1 atom stereocenters. The average molecular weight is 439 g/mol. The summed E-state index contributed by atoms with van der Waals surface area (Å²) >= 11 is 0. The molecular weight excluding hydrogens is 412 g/mol. The van der Waals surface area contributed by atoms with E-state index in [1.54, 1.807) is 18.2 Å². The lowest BCUT2D eigenvalue weighted by atomic mass is 10.1. The van der Waals surface area contributed by atoms with Gasteiger partial charge in [-0.15, -0.1) is 0 Å². The van der Waals surface area contributed by atoms with Gasteiger partial charge in [0, 0.05) is 29.9 Å². The molecule has 1 fully saturated rings. The first-order valence-electron chi connectivity index (χ1n) is 11.3. The first-order chi connectivity index (χ1) is 16.1. The first-order valence-corrected chi connectivity index (χ1v) is 11.3. The van der Waals surface area contributed by atoms with Crippen LogP contribution in [0.5, 0.6) is 0 Å². The van der Waals surface area contributed by atoms with Crippen LogP contribution in [0.2, 0.25) is 0 Å². The summed E-state index contributed by atoms with van der Waals surface area (Å²) in [6.45, 7) is 4.69. The van der Waals surface area contributed by atoms with Crippen LogP contribution in [0.4, 0.5) is 11.4 Å². The maximum atomic E-state index is 13.2. The molecule has 1 aliphatic heterocycles. The van der Waals surface area contributed by atoms with Gasteiger partial charge in [0.25, 0.3) is 11.5 Å². The summed E-state index contributed by atoms with van der Waals surface area (Å²) in [5.74, 6) is 0.367. The summed E-state index contributed by atoms with van der Waals surface area (Å²) in [6, 6.07) is 24.7. The van der Waals surface area contributed by atoms with E-state index in [4.69, 9.17) is 0 Å². The molecule has 4 aromatic rings. The van der Waals surface area contributed by atoms with Gasteiger partial charge in [0.15, 0.2) is 5.69 Å². The zero-order chi connectivity index (χ0) is 22.8. The molecule has 166 valence electrons. The van der Waals surface area contributed by atoms with E-state index in [1.165, 1.54) is 11.1 Å². The smallest absolute Gasteiger partial charge is 0.276 e. The van der Waals surface area contributed by atoms with Gasteiger partial charge in [0.05, 0.1) is 11.9 Å². The van der Waals surface area contributed by atoms with Crippen molar-refractivity contribution < 1.29 is 4.79 Å². The van der Waals surface area contributed by atoms with Gasteiger partial charge in [0.2, 0.25) is 0 Å². The standard InChI is InChI=1S/C27H26N4O2/c1-19-15-16-30(17-19)22-13-11-21(12-14-22)28-26(32)25-23-9-5-6-10-24(23)27(33)31(29-25)18-20-7-3-2-4-8-20/h2-14,19H,15-18H2,1H3,(H,28,32). The third-order valence-electron chi connectivity index (χ3n) is 6.17. The minimum absolute atomic E-state index is 0.213. The molecule has 1 aliphatic rings. The normalized spacial score (nSPS) is 15.7. The maximum absolute atomic E-state index is 13.2. The molecule has 1 aromatic heterocycles. The van der Waals surface area contributed by atoms with Crippen molar-refractivity contribution in [2.24, 2.45) is 5.92 Å². The molecule has 0 saturated carbocycles. The SMILES string of the molecule is CC1CCN(c2ccc(NC(=O)c3nn(Cc4ccccc4)c(=O)c4ccccc34)cc2)C1. The second kappa shape index (κ2) is 8.90. The largest absolute Gasteiger partial charge is 0.371 e. The lowest BCUT2D eigenvalue weighted by Crippen LogP contribution is -2.28. The molecule has 1 unspecified atom stereocenters. The van der Waals surface area contributed by atoms with Gasteiger partial charge in [0.1, 0.15) is 0 Å². The topological polar surface area (TPSA) is 67.2 Å². The Kier molecular flexibility index (Phi) is 5.65. The van der Waals surface area contributed by atoms with Crippen molar-refractivity contribution in [3.05, 3.63) is 100 Å². The number of fused-ring (bicyclic) bond motifs is 1. The minimum Gasteiger partial charge on any atom is -0.371 e. The Bertz CT molecular complexity index is 1350. The van der Waals surface area contributed by atoms with Gasteiger partial charge in [-0.3, -0.25) is 9.59 Å². The van der Waals surface area contributed by atoms with Crippen molar-refractivity contribution >= 4 is 28.1 Å². The highest BCUT2D eigenvalue weighted by atomic mass is 16.2. The third kappa shape index (κ3) is 4.37. The highest BCUT2D eigenvalue weighted by Gasteiger charge is 2.20. The Morgan fingerprint density at radius 3 is 2.36 bits per heavy atom. The summed E-state index contributed by atoms with van der Waals surface area (Å²) in [5.41, 5.74) is 2.83. The molecule has 1 amide bonds. The Morgan fingerprint density at radius 1 is 0.970 bits per heavy atom. The number of nitrogens with one attached hydrogen (secondary N) is 1. The molecule has 0 bridgehead atoms. The van der Waals surface area contributed by atoms with Crippen LogP contribution in [-0.2, 0) is 6.54 Å². The van der Waals surface area contributed by atoms with E-state index in [-0.39, 0.29) is 17.2 Å². The highest BCUT2D eigenvalue weighted by molar-refractivity contribution is 6.11. The van der Waals surface area contributed by atoms with Crippen LogP contribution in [0.3, 0.4) is 0 Å². The molecule has 6 nitrogen and oxygen atoms in total. The number of aromatic nitrogens is 2. The molecule has 0 aliphatic carbocycles. The van der Waals surface area contributed by atoms with Crippen molar-refractivity contribution in [2.75, 3.05) is 23.3 Å². The molecule has 5 rings (SSSR count). The summed E-state index contributed by atoms with van der Waals surface area (Å²) in [5, 5.41) is 8.44. The minimum atomic E-state index is -0.337. The molecule has 0 spiro atoms. The van der Waals surface area contributed by atoms with Crippen molar-refractivity contribution in [1.29, 1.82) is 0 Å². The van der Waals surface area contributed by atoms with Crippen LogP contribution in [0.1, 0.15) is 29.4 Å². The predicted molar refractivity (Wildman–Crippen MR) is 132 cm³/mol. The van der Waals surface area contributed by atoms with E-state index >= 15 is 0 Å². The number of hydrogen-bond donors (Lipinski definition) is 1. The van der Waals surface area contributed by atoms with E-state index in [1.807, 2.05) is 60.7 Å². The fourth-order valence-electron chi connectivity index (χ4n) is 4.38. The zero-order valence-electron chi connectivity index (χ0n) is 18.6. The van der Waals surface area contributed by atoms with E-state index in [2.05, 4.69) is 22.2 Å². The van der Waals surface area contributed by atoms with Crippen LogP contribution in [0, 0.1) is 5.92 Å². The lowest BCUT2D eigenvalue weighted by molar-refractivity contribution is 0.102. The summed E-state index contributed by atoms with van der Waals surface area (Å²) in [7, 11) is 0. The molecule has 3 aromatic carbocycles. The van der Waals surface area contributed by atoms with E-state index in [0.29, 0.717) is 28.9 Å². The van der Waals surface area contributed by atoms with Gasteiger partial charge in [-0.2, -0.15) is 5.10 Å². The fourth-order valence-corrected chi connectivity index (χ4v) is 4.38.